The molecular formula is C43H43F9O6. The van der Waals surface area contributed by atoms with Gasteiger partial charge in [-0.2, -0.15) is 39.5 Å². The molecule has 6 nitrogen and oxygen atoms in total. The summed E-state index contributed by atoms with van der Waals surface area (Å²) >= 11 is 0. The molecule has 0 unspecified atom stereocenters. The predicted octanol–water partition coefficient (Wildman–Crippen LogP) is 12.7. The molecule has 0 bridgehead atoms. The fraction of sp³-hybridized carbons (Fsp3) is 0.419. The van der Waals surface area contributed by atoms with Crippen molar-refractivity contribution in [3.63, 3.8) is 0 Å². The van der Waals surface area contributed by atoms with Gasteiger partial charge in [-0.25, -0.2) is 4.79 Å². The molecule has 0 saturated carbocycles. The van der Waals surface area contributed by atoms with Crippen molar-refractivity contribution in [1.29, 1.82) is 0 Å². The van der Waals surface area contributed by atoms with Gasteiger partial charge in [0.1, 0.15) is 11.5 Å². The Morgan fingerprint density at radius 2 is 1.14 bits per heavy atom. The molecule has 314 valence electrons. The number of fused-ring (bicyclic) bond motifs is 1. The summed E-state index contributed by atoms with van der Waals surface area (Å²) < 4.78 is 133. The van der Waals surface area contributed by atoms with E-state index in [1.54, 1.807) is 54.6 Å². The molecule has 0 aliphatic carbocycles. The van der Waals surface area contributed by atoms with Crippen molar-refractivity contribution >= 4 is 28.7 Å². The lowest BCUT2D eigenvalue weighted by molar-refractivity contribution is -0.397. The average Bonchev–Trinajstić information content (AvgIpc) is 3.18. The number of benzene rings is 4. The molecule has 0 aliphatic rings. The van der Waals surface area contributed by atoms with Crippen LogP contribution in [0.1, 0.15) is 99.9 Å². The summed E-state index contributed by atoms with van der Waals surface area (Å²) in [6.07, 6.45) is 0.168. The summed E-state index contributed by atoms with van der Waals surface area (Å²) in [5, 5.41) is 1.09. The summed E-state index contributed by atoms with van der Waals surface area (Å²) in [4.78, 5) is 37.6. The summed E-state index contributed by atoms with van der Waals surface area (Å²) in [5.41, 5.74) is 2.16. The quantitative estimate of drug-likeness (QED) is 0.0382. The molecule has 0 amide bonds. The molecule has 0 N–H and O–H groups in total. The Morgan fingerprint density at radius 3 is 1.74 bits per heavy atom. The molecule has 0 fully saturated rings. The Hall–Kier alpha value is -5.08. The van der Waals surface area contributed by atoms with E-state index in [-0.39, 0.29) is 22.8 Å². The third kappa shape index (κ3) is 11.5. The Kier molecular flexibility index (Phi) is 15.4. The highest BCUT2D eigenvalue weighted by Crippen LogP contribution is 2.54. The van der Waals surface area contributed by atoms with Gasteiger partial charge >= 0.3 is 41.9 Å². The first-order valence-electron chi connectivity index (χ1n) is 18.8. The number of carbonyl (C=O) groups is 3. The standard InChI is InChI=1S/C43H43F9O6/c1-3-4-5-6-7-8-9-10-11-37(53)57-35-21-18-30(19-22-35)29-12-14-31(15-13-29)39(55)58-36-23-20-33-26-32(16-17-34(33)27-36)28(2)38(54)56-25-24-40(44,45)41(46,47)42(48,49)43(50,51)52/h12-23,26-28H,3-11,24-25H2,1-2H3/t28-/m0/s1. The maximum atomic E-state index is 13.8. The van der Waals surface area contributed by atoms with Crippen molar-refractivity contribution in [2.24, 2.45) is 0 Å². The number of carbonyl (C=O) groups excluding carboxylic acids is 3. The number of hydrogen-bond acceptors (Lipinski definition) is 6. The molecule has 4 aromatic rings. The van der Waals surface area contributed by atoms with Crippen LogP contribution in [0.3, 0.4) is 0 Å². The minimum Gasteiger partial charge on any atom is -0.465 e. The number of halogens is 9. The summed E-state index contributed by atoms with van der Waals surface area (Å²) in [6.45, 7) is 1.90. The van der Waals surface area contributed by atoms with Crippen LogP contribution in [-0.2, 0) is 14.3 Å². The number of hydrogen-bond donors (Lipinski definition) is 0. The molecule has 58 heavy (non-hydrogen) atoms. The van der Waals surface area contributed by atoms with Gasteiger partial charge in [-0.15, -0.1) is 0 Å². The fourth-order valence-corrected chi connectivity index (χ4v) is 5.95. The van der Waals surface area contributed by atoms with Crippen LogP contribution in [0, 0.1) is 0 Å². The molecule has 4 rings (SSSR count). The maximum Gasteiger partial charge on any atom is 0.460 e. The highest BCUT2D eigenvalue weighted by molar-refractivity contribution is 5.93. The molecule has 1 atom stereocenters. The molecular weight excluding hydrogens is 783 g/mol. The van der Waals surface area contributed by atoms with Crippen molar-refractivity contribution in [3.8, 4) is 22.6 Å². The molecule has 0 aromatic heterocycles. The summed E-state index contributed by atoms with van der Waals surface area (Å²) in [5.74, 6) is -22.4. The van der Waals surface area contributed by atoms with Crippen LogP contribution in [0.4, 0.5) is 39.5 Å². The molecule has 0 spiro atoms. The number of rotatable bonds is 20. The van der Waals surface area contributed by atoms with Crippen molar-refractivity contribution in [1.82, 2.24) is 0 Å². The van der Waals surface area contributed by atoms with Gasteiger partial charge in [0.15, 0.2) is 0 Å². The number of esters is 3. The Bertz CT molecular complexity index is 1990. The van der Waals surface area contributed by atoms with Crippen LogP contribution in [0.5, 0.6) is 11.5 Å². The Labute approximate surface area is 329 Å². The van der Waals surface area contributed by atoms with Gasteiger partial charge in [-0.3, -0.25) is 9.59 Å². The smallest absolute Gasteiger partial charge is 0.460 e. The lowest BCUT2D eigenvalue weighted by Gasteiger charge is -2.33. The second kappa shape index (κ2) is 19.6. The zero-order chi connectivity index (χ0) is 42.7. The first-order valence-corrected chi connectivity index (χ1v) is 18.8. The van der Waals surface area contributed by atoms with Crippen LogP contribution in [0.15, 0.2) is 84.9 Å². The number of unbranched alkanes of at least 4 members (excludes halogenated alkanes) is 7. The first-order chi connectivity index (χ1) is 27.3. The van der Waals surface area contributed by atoms with E-state index in [1.807, 2.05) is 0 Å². The first kappa shape index (κ1) is 45.6. The normalized spacial score (nSPS) is 12.9. The van der Waals surface area contributed by atoms with E-state index in [9.17, 15) is 53.9 Å². The predicted molar refractivity (Wildman–Crippen MR) is 199 cm³/mol. The third-order valence-corrected chi connectivity index (χ3v) is 9.54. The van der Waals surface area contributed by atoms with Gasteiger partial charge in [0, 0.05) is 6.42 Å². The van der Waals surface area contributed by atoms with Crippen LogP contribution < -0.4 is 9.47 Å². The Morgan fingerprint density at radius 1 is 0.603 bits per heavy atom. The van der Waals surface area contributed by atoms with E-state index in [0.717, 1.165) is 30.4 Å². The van der Waals surface area contributed by atoms with E-state index < -0.39 is 54.8 Å². The van der Waals surface area contributed by atoms with Gasteiger partial charge < -0.3 is 14.2 Å². The molecule has 0 aliphatic heterocycles. The number of ether oxygens (including phenoxy) is 3. The van der Waals surface area contributed by atoms with Crippen LogP contribution >= 0.6 is 0 Å². The largest absolute Gasteiger partial charge is 0.465 e. The highest BCUT2D eigenvalue weighted by Gasteiger charge is 2.81. The van der Waals surface area contributed by atoms with Crippen LogP contribution in [0.2, 0.25) is 0 Å². The molecule has 0 saturated heterocycles. The fourth-order valence-electron chi connectivity index (χ4n) is 5.95. The summed E-state index contributed by atoms with van der Waals surface area (Å²) in [6, 6.07) is 22.7. The molecule has 15 heteroatoms. The SMILES string of the molecule is CCCCCCCCCCC(=O)Oc1ccc(-c2ccc(C(=O)Oc3ccc4cc([C@H](C)C(=O)OCCC(F)(F)C(F)(F)C(F)(F)C(F)(F)F)ccc4c3)cc2)cc1. The zero-order valence-corrected chi connectivity index (χ0v) is 31.8. The van der Waals surface area contributed by atoms with E-state index in [4.69, 9.17) is 9.47 Å². The molecule has 0 radical (unpaired) electrons. The van der Waals surface area contributed by atoms with Gasteiger partial charge in [-0.1, -0.05) is 100 Å². The minimum absolute atomic E-state index is 0.183. The zero-order valence-electron chi connectivity index (χ0n) is 31.8. The van der Waals surface area contributed by atoms with Gasteiger partial charge in [-0.05, 0) is 77.2 Å². The van der Waals surface area contributed by atoms with Gasteiger partial charge in [0.05, 0.1) is 24.5 Å². The third-order valence-electron chi connectivity index (χ3n) is 9.54. The van der Waals surface area contributed by atoms with E-state index in [1.165, 1.54) is 69.4 Å². The average molecular weight is 827 g/mol. The van der Waals surface area contributed by atoms with Crippen molar-refractivity contribution in [2.75, 3.05) is 6.61 Å². The lowest BCUT2D eigenvalue weighted by atomic mass is 9.97. The van der Waals surface area contributed by atoms with E-state index in [0.29, 0.717) is 22.9 Å². The molecule has 4 aromatic carbocycles. The second-order valence-corrected chi connectivity index (χ2v) is 13.9. The number of alkyl halides is 9. The lowest BCUT2D eigenvalue weighted by Crippen LogP contribution is -2.61. The minimum atomic E-state index is -7.03. The van der Waals surface area contributed by atoms with Gasteiger partial charge in [0.25, 0.3) is 0 Å². The van der Waals surface area contributed by atoms with Crippen LogP contribution in [-0.4, -0.2) is 48.5 Å². The van der Waals surface area contributed by atoms with Gasteiger partial charge in [0.2, 0.25) is 0 Å². The van der Waals surface area contributed by atoms with E-state index in [2.05, 4.69) is 11.7 Å². The summed E-state index contributed by atoms with van der Waals surface area (Å²) in [7, 11) is 0. The Balaban J connectivity index is 1.26. The maximum absolute atomic E-state index is 13.8. The van der Waals surface area contributed by atoms with Crippen molar-refractivity contribution in [3.05, 3.63) is 96.1 Å². The van der Waals surface area contributed by atoms with Crippen LogP contribution in [0.25, 0.3) is 21.9 Å². The molecule has 0 heterocycles. The van der Waals surface area contributed by atoms with Crippen molar-refractivity contribution in [2.45, 2.75) is 108 Å². The van der Waals surface area contributed by atoms with Crippen molar-refractivity contribution < 1.29 is 68.1 Å². The van der Waals surface area contributed by atoms with E-state index >= 15 is 0 Å². The second-order valence-electron chi connectivity index (χ2n) is 13.9. The monoisotopic (exact) mass is 826 g/mol. The highest BCUT2D eigenvalue weighted by atomic mass is 19.4. The topological polar surface area (TPSA) is 78.9 Å².